The lowest BCUT2D eigenvalue weighted by molar-refractivity contribution is 0.101. The lowest BCUT2D eigenvalue weighted by atomic mass is 10.2. The van der Waals surface area contributed by atoms with Crippen LogP contribution in [0.25, 0.3) is 11.0 Å². The Hall–Kier alpha value is -3.98. The maximum atomic E-state index is 13.3. The van der Waals surface area contributed by atoms with Crippen molar-refractivity contribution in [3.63, 3.8) is 0 Å². The standard InChI is InChI=1S/C28H32N8O/c1-34-13-15-35(16-14-34)23-11-12-25(29-19-23)32-28-30-18-20-17-24(27(37)31-21-7-3-2-4-8-21)36(26(20)33-28)22-9-5-6-10-22/h2-4,7-8,11-12,17-19,22H,5-6,9-10,13-16H2,1H3,(H,31,37)(H,29,30,32,33). The Bertz CT molecular complexity index is 1370. The predicted octanol–water partition coefficient (Wildman–Crippen LogP) is 4.69. The number of benzene rings is 1. The van der Waals surface area contributed by atoms with Gasteiger partial charge in [0.1, 0.15) is 17.2 Å². The lowest BCUT2D eigenvalue weighted by Crippen LogP contribution is -2.44. The molecule has 0 bridgehead atoms. The molecule has 1 aliphatic heterocycles. The van der Waals surface area contributed by atoms with Crippen molar-refractivity contribution in [2.75, 3.05) is 48.8 Å². The number of hydrogen-bond donors (Lipinski definition) is 2. The number of fused-ring (bicyclic) bond motifs is 1. The molecule has 2 fully saturated rings. The van der Waals surface area contributed by atoms with E-state index in [0.717, 1.165) is 74.3 Å². The highest BCUT2D eigenvalue weighted by Gasteiger charge is 2.26. The molecule has 4 heterocycles. The number of hydrogen-bond acceptors (Lipinski definition) is 7. The van der Waals surface area contributed by atoms with Crippen molar-refractivity contribution in [1.82, 2.24) is 24.4 Å². The number of piperazine rings is 1. The van der Waals surface area contributed by atoms with Gasteiger partial charge in [0.05, 0.1) is 11.9 Å². The number of aromatic nitrogens is 4. The summed E-state index contributed by atoms with van der Waals surface area (Å²) in [6, 6.07) is 15.8. The van der Waals surface area contributed by atoms with Gasteiger partial charge in [0, 0.05) is 49.5 Å². The summed E-state index contributed by atoms with van der Waals surface area (Å²) >= 11 is 0. The van der Waals surface area contributed by atoms with Crippen LogP contribution in [0.5, 0.6) is 0 Å². The highest BCUT2D eigenvalue weighted by Crippen LogP contribution is 2.35. The van der Waals surface area contributed by atoms with Crippen LogP contribution in [0.15, 0.2) is 60.9 Å². The van der Waals surface area contributed by atoms with E-state index in [-0.39, 0.29) is 11.9 Å². The average Bonchev–Trinajstić information content (AvgIpc) is 3.58. The number of carbonyl (C=O) groups excluding carboxylic acids is 1. The largest absolute Gasteiger partial charge is 0.368 e. The van der Waals surface area contributed by atoms with E-state index < -0.39 is 0 Å². The Labute approximate surface area is 216 Å². The van der Waals surface area contributed by atoms with Crippen LogP contribution in [0.3, 0.4) is 0 Å². The molecule has 1 saturated carbocycles. The predicted molar refractivity (Wildman–Crippen MR) is 147 cm³/mol. The van der Waals surface area contributed by atoms with Gasteiger partial charge in [-0.15, -0.1) is 0 Å². The first kappa shape index (κ1) is 23.4. The summed E-state index contributed by atoms with van der Waals surface area (Å²) < 4.78 is 2.11. The van der Waals surface area contributed by atoms with Crippen LogP contribution in [0.1, 0.15) is 42.2 Å². The van der Waals surface area contributed by atoms with Crippen LogP contribution in [0.4, 0.5) is 23.1 Å². The van der Waals surface area contributed by atoms with Crippen LogP contribution in [0, 0.1) is 0 Å². The van der Waals surface area contributed by atoms with Gasteiger partial charge < -0.3 is 25.0 Å². The molecular weight excluding hydrogens is 464 g/mol. The molecule has 6 rings (SSSR count). The van der Waals surface area contributed by atoms with Gasteiger partial charge in [-0.3, -0.25) is 4.79 Å². The first-order valence-electron chi connectivity index (χ1n) is 13.0. The topological polar surface area (TPSA) is 91.2 Å². The van der Waals surface area contributed by atoms with Crippen molar-refractivity contribution < 1.29 is 4.79 Å². The summed E-state index contributed by atoms with van der Waals surface area (Å²) in [5.41, 5.74) is 3.29. The highest BCUT2D eigenvalue weighted by atomic mass is 16.2. The number of rotatable bonds is 6. The molecular formula is C28H32N8O. The molecule has 3 aromatic heterocycles. The number of nitrogens with one attached hydrogen (secondary N) is 2. The molecule has 9 heteroatoms. The molecule has 0 unspecified atom stereocenters. The summed E-state index contributed by atoms with van der Waals surface area (Å²) in [4.78, 5) is 32.0. The molecule has 2 aliphatic rings. The van der Waals surface area contributed by atoms with Crippen molar-refractivity contribution in [3.8, 4) is 0 Å². The molecule has 1 amide bonds. The van der Waals surface area contributed by atoms with E-state index in [0.29, 0.717) is 17.5 Å². The zero-order valence-electron chi connectivity index (χ0n) is 21.1. The zero-order chi connectivity index (χ0) is 25.2. The maximum Gasteiger partial charge on any atom is 0.272 e. The summed E-state index contributed by atoms with van der Waals surface area (Å²) in [5, 5.41) is 7.14. The molecule has 9 nitrogen and oxygen atoms in total. The van der Waals surface area contributed by atoms with Gasteiger partial charge in [-0.25, -0.2) is 9.97 Å². The second-order valence-electron chi connectivity index (χ2n) is 9.95. The monoisotopic (exact) mass is 496 g/mol. The van der Waals surface area contributed by atoms with Gasteiger partial charge in [-0.05, 0) is 50.2 Å². The van der Waals surface area contributed by atoms with Crippen molar-refractivity contribution in [2.24, 2.45) is 0 Å². The van der Waals surface area contributed by atoms with Gasteiger partial charge in [-0.2, -0.15) is 4.98 Å². The third kappa shape index (κ3) is 4.99. The third-order valence-electron chi connectivity index (χ3n) is 7.39. The Balaban J connectivity index is 1.26. The minimum Gasteiger partial charge on any atom is -0.368 e. The Morgan fingerprint density at radius 2 is 1.73 bits per heavy atom. The van der Waals surface area contributed by atoms with Crippen molar-refractivity contribution in [1.29, 1.82) is 0 Å². The van der Waals surface area contributed by atoms with Gasteiger partial charge in [0.25, 0.3) is 5.91 Å². The van der Waals surface area contributed by atoms with E-state index in [1.807, 2.05) is 48.7 Å². The summed E-state index contributed by atoms with van der Waals surface area (Å²) in [7, 11) is 2.15. The number of para-hydroxylation sites is 1. The van der Waals surface area contributed by atoms with Crippen molar-refractivity contribution in [2.45, 2.75) is 31.7 Å². The van der Waals surface area contributed by atoms with Gasteiger partial charge >= 0.3 is 0 Å². The van der Waals surface area contributed by atoms with Crippen LogP contribution in [-0.4, -0.2) is 63.6 Å². The van der Waals surface area contributed by atoms with E-state index in [4.69, 9.17) is 4.98 Å². The molecule has 37 heavy (non-hydrogen) atoms. The Morgan fingerprint density at radius 1 is 0.946 bits per heavy atom. The van der Waals surface area contributed by atoms with Crippen molar-refractivity contribution >= 4 is 40.1 Å². The summed E-state index contributed by atoms with van der Waals surface area (Å²) in [6.07, 6.45) is 8.08. The third-order valence-corrected chi connectivity index (χ3v) is 7.39. The molecule has 4 aromatic rings. The zero-order valence-corrected chi connectivity index (χ0v) is 21.1. The van der Waals surface area contributed by atoms with Gasteiger partial charge in [-0.1, -0.05) is 31.0 Å². The van der Waals surface area contributed by atoms with Crippen LogP contribution < -0.4 is 15.5 Å². The smallest absolute Gasteiger partial charge is 0.272 e. The fourth-order valence-corrected chi connectivity index (χ4v) is 5.32. The van der Waals surface area contributed by atoms with E-state index >= 15 is 0 Å². The Kier molecular flexibility index (Phi) is 6.44. The normalized spacial score (nSPS) is 16.8. The molecule has 1 aliphatic carbocycles. The van der Waals surface area contributed by atoms with Crippen LogP contribution >= 0.6 is 0 Å². The average molecular weight is 497 g/mol. The molecule has 0 spiro atoms. The summed E-state index contributed by atoms with van der Waals surface area (Å²) in [6.45, 7) is 4.12. The van der Waals surface area contributed by atoms with E-state index in [9.17, 15) is 4.79 Å². The molecule has 190 valence electrons. The minimum atomic E-state index is -0.133. The number of nitrogens with zero attached hydrogens (tertiary/aromatic N) is 6. The first-order chi connectivity index (χ1) is 18.1. The van der Waals surface area contributed by atoms with Gasteiger partial charge in [0.15, 0.2) is 0 Å². The number of likely N-dealkylation sites (N-methyl/N-ethyl adjacent to an activating group) is 1. The number of carbonyl (C=O) groups is 1. The fourth-order valence-electron chi connectivity index (χ4n) is 5.32. The number of anilines is 4. The fraction of sp³-hybridized carbons (Fsp3) is 0.357. The SMILES string of the molecule is CN1CCN(c2ccc(Nc3ncc4cc(C(=O)Nc5ccccc5)n(C5CCCC5)c4n3)nc2)CC1. The second kappa shape index (κ2) is 10.2. The maximum absolute atomic E-state index is 13.3. The molecule has 1 aromatic carbocycles. The molecule has 2 N–H and O–H groups in total. The Morgan fingerprint density at radius 3 is 2.46 bits per heavy atom. The van der Waals surface area contributed by atoms with Crippen molar-refractivity contribution in [3.05, 3.63) is 66.6 Å². The van der Waals surface area contributed by atoms with Crippen LogP contribution in [0.2, 0.25) is 0 Å². The highest BCUT2D eigenvalue weighted by molar-refractivity contribution is 6.06. The second-order valence-corrected chi connectivity index (χ2v) is 9.95. The lowest BCUT2D eigenvalue weighted by Gasteiger charge is -2.33. The molecule has 0 atom stereocenters. The van der Waals surface area contributed by atoms with E-state index in [1.54, 1.807) is 6.20 Å². The van der Waals surface area contributed by atoms with Gasteiger partial charge in [0.2, 0.25) is 5.95 Å². The number of pyridine rings is 1. The minimum absolute atomic E-state index is 0.133. The number of amides is 1. The quantitative estimate of drug-likeness (QED) is 0.400. The molecule has 0 radical (unpaired) electrons. The summed E-state index contributed by atoms with van der Waals surface area (Å²) in [5.74, 6) is 1.03. The van der Waals surface area contributed by atoms with E-state index in [1.165, 1.54) is 0 Å². The molecule has 1 saturated heterocycles. The first-order valence-corrected chi connectivity index (χ1v) is 13.0. The van der Waals surface area contributed by atoms with Crippen LogP contribution in [-0.2, 0) is 0 Å². The van der Waals surface area contributed by atoms with E-state index in [2.05, 4.69) is 48.1 Å².